The highest BCUT2D eigenvalue weighted by molar-refractivity contribution is 5.02. The second-order valence-corrected chi connectivity index (χ2v) is 3.29. The summed E-state index contributed by atoms with van der Waals surface area (Å²) in [5.41, 5.74) is -0.491. The molecule has 0 bridgehead atoms. The van der Waals surface area contributed by atoms with E-state index in [0.29, 0.717) is 6.42 Å². The molecule has 1 nitrogen and oxygen atoms in total. The smallest absolute Gasteiger partial charge is 0.0761 e. The summed E-state index contributed by atoms with van der Waals surface area (Å²) >= 11 is 0. The minimum absolute atomic E-state index is 0.491. The van der Waals surface area contributed by atoms with E-state index in [1.807, 2.05) is 0 Å². The zero-order chi connectivity index (χ0) is 7.61. The van der Waals surface area contributed by atoms with Gasteiger partial charge in [-0.3, -0.25) is 0 Å². The van der Waals surface area contributed by atoms with Gasteiger partial charge in [-0.15, -0.1) is 12.3 Å². The molecule has 0 aromatic heterocycles. The van der Waals surface area contributed by atoms with Crippen molar-refractivity contribution in [3.8, 4) is 12.3 Å². The summed E-state index contributed by atoms with van der Waals surface area (Å²) in [6, 6.07) is 0. The second kappa shape index (κ2) is 2.64. The van der Waals surface area contributed by atoms with Crippen LogP contribution in [0.5, 0.6) is 0 Å². The lowest BCUT2D eigenvalue weighted by Gasteiger charge is -2.42. The van der Waals surface area contributed by atoms with Crippen molar-refractivity contribution in [1.82, 2.24) is 0 Å². The Morgan fingerprint density at radius 2 is 2.30 bits per heavy atom. The summed E-state index contributed by atoms with van der Waals surface area (Å²) in [7, 11) is 0. The van der Waals surface area contributed by atoms with Gasteiger partial charge in [-0.1, -0.05) is 13.3 Å². The van der Waals surface area contributed by atoms with Crippen molar-refractivity contribution in [2.24, 2.45) is 5.92 Å². The normalized spacial score (nSPS) is 38.3. The first-order valence-corrected chi connectivity index (χ1v) is 3.86. The van der Waals surface area contributed by atoms with Gasteiger partial charge < -0.3 is 5.11 Å². The lowest BCUT2D eigenvalue weighted by atomic mass is 9.68. The molecule has 1 N–H and O–H groups in total. The number of hydrogen-bond donors (Lipinski definition) is 1. The molecular formula is C9H14O. The highest BCUT2D eigenvalue weighted by atomic mass is 16.3. The molecular weight excluding hydrogens is 124 g/mol. The third-order valence-corrected chi connectivity index (χ3v) is 2.35. The van der Waals surface area contributed by atoms with E-state index >= 15 is 0 Å². The number of terminal acetylenes is 1. The Morgan fingerprint density at radius 3 is 2.70 bits per heavy atom. The lowest BCUT2D eigenvalue weighted by molar-refractivity contribution is -0.0695. The van der Waals surface area contributed by atoms with Gasteiger partial charge in [0.25, 0.3) is 0 Å². The molecule has 0 aliphatic heterocycles. The molecule has 1 fully saturated rings. The Kier molecular flexibility index (Phi) is 2.01. The van der Waals surface area contributed by atoms with Crippen LogP contribution in [0.1, 0.15) is 32.6 Å². The van der Waals surface area contributed by atoms with Gasteiger partial charge in [0.15, 0.2) is 0 Å². The van der Waals surface area contributed by atoms with Crippen LogP contribution in [0.3, 0.4) is 0 Å². The SMILES string of the molecule is C#CCC1(O)CC(CC)C1. The second-order valence-electron chi connectivity index (χ2n) is 3.29. The van der Waals surface area contributed by atoms with Crippen molar-refractivity contribution in [3.05, 3.63) is 0 Å². The van der Waals surface area contributed by atoms with Crippen LogP contribution in [0.25, 0.3) is 0 Å². The van der Waals surface area contributed by atoms with Gasteiger partial charge in [0, 0.05) is 6.42 Å². The van der Waals surface area contributed by atoms with E-state index in [1.165, 1.54) is 6.42 Å². The van der Waals surface area contributed by atoms with Crippen LogP contribution in [-0.2, 0) is 0 Å². The van der Waals surface area contributed by atoms with Crippen LogP contribution in [-0.4, -0.2) is 10.7 Å². The molecule has 0 spiro atoms. The molecule has 56 valence electrons. The van der Waals surface area contributed by atoms with E-state index in [0.717, 1.165) is 18.8 Å². The standard InChI is InChI=1S/C9H14O/c1-3-5-9(10)6-8(4-2)7-9/h1,8,10H,4-7H2,2H3. The first kappa shape index (κ1) is 7.63. The van der Waals surface area contributed by atoms with Crippen molar-refractivity contribution < 1.29 is 5.11 Å². The number of hydrogen-bond acceptors (Lipinski definition) is 1. The molecule has 0 unspecified atom stereocenters. The Balaban J connectivity index is 2.29. The van der Waals surface area contributed by atoms with Gasteiger partial charge in [-0.05, 0) is 18.8 Å². The zero-order valence-corrected chi connectivity index (χ0v) is 6.43. The van der Waals surface area contributed by atoms with Crippen molar-refractivity contribution in [1.29, 1.82) is 0 Å². The van der Waals surface area contributed by atoms with Crippen LogP contribution >= 0.6 is 0 Å². The maximum Gasteiger partial charge on any atom is 0.0761 e. The van der Waals surface area contributed by atoms with Crippen molar-refractivity contribution in [2.45, 2.75) is 38.2 Å². The van der Waals surface area contributed by atoms with Crippen LogP contribution in [0.15, 0.2) is 0 Å². The van der Waals surface area contributed by atoms with E-state index in [2.05, 4.69) is 12.8 Å². The van der Waals surface area contributed by atoms with E-state index in [4.69, 9.17) is 6.42 Å². The Labute approximate surface area is 62.4 Å². The minimum atomic E-state index is -0.491. The molecule has 0 saturated heterocycles. The maximum atomic E-state index is 9.57. The van der Waals surface area contributed by atoms with E-state index in [9.17, 15) is 5.11 Å². The summed E-state index contributed by atoms with van der Waals surface area (Å²) < 4.78 is 0. The van der Waals surface area contributed by atoms with Crippen LogP contribution < -0.4 is 0 Å². The first-order valence-electron chi connectivity index (χ1n) is 3.86. The molecule has 1 rings (SSSR count). The summed E-state index contributed by atoms with van der Waals surface area (Å²) in [5.74, 6) is 3.23. The molecule has 0 radical (unpaired) electrons. The molecule has 0 aromatic rings. The van der Waals surface area contributed by atoms with E-state index in [-0.39, 0.29) is 0 Å². The summed E-state index contributed by atoms with van der Waals surface area (Å²) in [6.45, 7) is 2.15. The average molecular weight is 138 g/mol. The molecule has 1 heteroatoms. The fraction of sp³-hybridized carbons (Fsp3) is 0.778. The fourth-order valence-corrected chi connectivity index (χ4v) is 1.64. The summed E-state index contributed by atoms with van der Waals surface area (Å²) in [5, 5.41) is 9.57. The quantitative estimate of drug-likeness (QED) is 0.574. The lowest BCUT2D eigenvalue weighted by Crippen LogP contribution is -2.43. The topological polar surface area (TPSA) is 20.2 Å². The number of aliphatic hydroxyl groups is 1. The zero-order valence-electron chi connectivity index (χ0n) is 6.43. The minimum Gasteiger partial charge on any atom is -0.389 e. The van der Waals surface area contributed by atoms with Gasteiger partial charge in [-0.25, -0.2) is 0 Å². The monoisotopic (exact) mass is 138 g/mol. The molecule has 0 amide bonds. The molecule has 0 atom stereocenters. The molecule has 10 heavy (non-hydrogen) atoms. The largest absolute Gasteiger partial charge is 0.389 e. The third kappa shape index (κ3) is 1.33. The molecule has 1 saturated carbocycles. The Morgan fingerprint density at radius 1 is 1.70 bits per heavy atom. The van der Waals surface area contributed by atoms with Crippen LogP contribution in [0, 0.1) is 18.3 Å². The molecule has 0 aromatic carbocycles. The van der Waals surface area contributed by atoms with Crippen molar-refractivity contribution >= 4 is 0 Å². The summed E-state index contributed by atoms with van der Waals surface area (Å²) in [4.78, 5) is 0. The van der Waals surface area contributed by atoms with Gasteiger partial charge in [-0.2, -0.15) is 0 Å². The van der Waals surface area contributed by atoms with Crippen molar-refractivity contribution in [2.75, 3.05) is 0 Å². The van der Waals surface area contributed by atoms with Crippen molar-refractivity contribution in [3.63, 3.8) is 0 Å². The Hall–Kier alpha value is -0.480. The first-order chi connectivity index (χ1) is 4.70. The average Bonchev–Trinajstić information content (AvgIpc) is 1.83. The number of rotatable bonds is 2. The molecule has 1 aliphatic carbocycles. The maximum absolute atomic E-state index is 9.57. The molecule has 0 heterocycles. The van der Waals surface area contributed by atoms with E-state index < -0.39 is 5.60 Å². The predicted molar refractivity (Wildman–Crippen MR) is 41.4 cm³/mol. The predicted octanol–water partition coefficient (Wildman–Crippen LogP) is 1.56. The highest BCUT2D eigenvalue weighted by Gasteiger charge is 2.40. The Bertz CT molecular complexity index is 149. The van der Waals surface area contributed by atoms with E-state index in [1.54, 1.807) is 0 Å². The fourth-order valence-electron chi connectivity index (χ4n) is 1.64. The van der Waals surface area contributed by atoms with Gasteiger partial charge in [0.2, 0.25) is 0 Å². The van der Waals surface area contributed by atoms with Gasteiger partial charge in [0.05, 0.1) is 5.60 Å². The van der Waals surface area contributed by atoms with Crippen LogP contribution in [0.4, 0.5) is 0 Å². The highest BCUT2D eigenvalue weighted by Crippen LogP contribution is 2.41. The molecule has 1 aliphatic rings. The van der Waals surface area contributed by atoms with Gasteiger partial charge in [0.1, 0.15) is 0 Å². The summed E-state index contributed by atoms with van der Waals surface area (Å²) in [6.07, 6.45) is 8.63. The van der Waals surface area contributed by atoms with Crippen LogP contribution in [0.2, 0.25) is 0 Å². The van der Waals surface area contributed by atoms with Gasteiger partial charge >= 0.3 is 0 Å². The third-order valence-electron chi connectivity index (χ3n) is 2.35.